The molecular weight excluding hydrogens is 375 g/mol. The van der Waals surface area contributed by atoms with Crippen molar-refractivity contribution in [3.05, 3.63) is 20.3 Å². The summed E-state index contributed by atoms with van der Waals surface area (Å²) in [7, 11) is 0. The molecule has 1 aliphatic rings. The minimum absolute atomic E-state index is 0.0166. The lowest BCUT2D eigenvalue weighted by molar-refractivity contribution is -0.136. The van der Waals surface area contributed by atoms with Gasteiger partial charge >= 0.3 is 5.97 Å². The number of hydrogen-bond donors (Lipinski definition) is 3. The maximum absolute atomic E-state index is 11.6. The lowest BCUT2D eigenvalue weighted by Gasteiger charge is -2.33. The van der Waals surface area contributed by atoms with E-state index in [0.717, 1.165) is 31.7 Å². The molecule has 20 heavy (non-hydrogen) atoms. The highest BCUT2D eigenvalue weighted by molar-refractivity contribution is 14.1. The van der Waals surface area contributed by atoms with Crippen molar-refractivity contribution >= 4 is 34.4 Å². The van der Waals surface area contributed by atoms with Gasteiger partial charge in [-0.3, -0.25) is 9.59 Å². The Labute approximate surface area is 129 Å². The number of anilines is 1. The Bertz CT molecular complexity index is 534. The van der Waals surface area contributed by atoms with Crippen molar-refractivity contribution < 1.29 is 9.90 Å². The summed E-state index contributed by atoms with van der Waals surface area (Å²) in [5, 5.41) is 11.6. The quantitative estimate of drug-likeness (QED) is 0.623. The number of aromatic nitrogens is 2. The average Bonchev–Trinajstić information content (AvgIpc) is 2.42. The molecule has 0 bridgehead atoms. The molecule has 0 spiro atoms. The summed E-state index contributed by atoms with van der Waals surface area (Å²) >= 11 is 2.01. The zero-order valence-electron chi connectivity index (χ0n) is 10.9. The van der Waals surface area contributed by atoms with Crippen LogP contribution in [0.5, 0.6) is 0 Å². The molecule has 1 saturated heterocycles. The van der Waals surface area contributed by atoms with Crippen molar-refractivity contribution in [3.63, 3.8) is 0 Å². The van der Waals surface area contributed by atoms with Crippen molar-refractivity contribution in [3.8, 4) is 0 Å². The fourth-order valence-electron chi connectivity index (χ4n) is 2.40. The third-order valence-electron chi connectivity index (χ3n) is 3.31. The number of hydrogen-bond acceptors (Lipinski definition) is 5. The monoisotopic (exact) mass is 392 g/mol. The Kier molecular flexibility index (Phi) is 5.35. The first-order valence-corrected chi connectivity index (χ1v) is 7.56. The number of carboxylic acid groups (broad SMARTS) is 1. The highest BCUT2D eigenvalue weighted by Crippen LogP contribution is 2.23. The molecule has 0 amide bonds. The Balaban J connectivity index is 1.98. The van der Waals surface area contributed by atoms with E-state index in [1.54, 1.807) is 0 Å². The van der Waals surface area contributed by atoms with Crippen molar-refractivity contribution in [1.82, 2.24) is 15.3 Å². The van der Waals surface area contributed by atoms with Crippen molar-refractivity contribution in [2.75, 3.05) is 31.1 Å². The number of carboxylic acids is 1. The number of carbonyl (C=O) groups is 1. The maximum Gasteiger partial charge on any atom is 0.317 e. The number of halogens is 1. The Hall–Kier alpha value is -1.16. The molecule has 1 fully saturated rings. The SMILES string of the molecule is O=C(O)CNCC1CCCN(c2nc[nH]c(=O)c2I)C1. The Morgan fingerprint density at radius 2 is 2.45 bits per heavy atom. The van der Waals surface area contributed by atoms with Gasteiger partial charge in [-0.1, -0.05) is 0 Å². The summed E-state index contributed by atoms with van der Waals surface area (Å²) in [5.74, 6) is 0.251. The summed E-state index contributed by atoms with van der Waals surface area (Å²) in [5.41, 5.74) is -0.123. The third-order valence-corrected chi connectivity index (χ3v) is 4.28. The number of rotatable bonds is 5. The largest absolute Gasteiger partial charge is 0.480 e. The third kappa shape index (κ3) is 3.92. The van der Waals surface area contributed by atoms with E-state index in [-0.39, 0.29) is 12.1 Å². The van der Waals surface area contributed by atoms with Gasteiger partial charge in [-0.15, -0.1) is 0 Å². The first kappa shape index (κ1) is 15.2. The van der Waals surface area contributed by atoms with Crippen LogP contribution >= 0.6 is 22.6 Å². The van der Waals surface area contributed by atoms with E-state index in [0.29, 0.717) is 16.0 Å². The zero-order valence-corrected chi connectivity index (χ0v) is 13.1. The van der Waals surface area contributed by atoms with Gasteiger partial charge in [-0.25, -0.2) is 4.98 Å². The van der Waals surface area contributed by atoms with Crippen LogP contribution in [0.2, 0.25) is 0 Å². The van der Waals surface area contributed by atoms with E-state index >= 15 is 0 Å². The molecule has 110 valence electrons. The normalized spacial score (nSPS) is 19.1. The average molecular weight is 392 g/mol. The van der Waals surface area contributed by atoms with Crippen molar-refractivity contribution in [1.29, 1.82) is 0 Å². The minimum Gasteiger partial charge on any atom is -0.480 e. The predicted molar refractivity (Wildman–Crippen MR) is 83.0 cm³/mol. The molecule has 2 rings (SSSR count). The number of nitrogens with one attached hydrogen (secondary N) is 2. The van der Waals surface area contributed by atoms with Crippen LogP contribution < -0.4 is 15.8 Å². The lowest BCUT2D eigenvalue weighted by atomic mass is 9.98. The fourth-order valence-corrected chi connectivity index (χ4v) is 3.04. The van der Waals surface area contributed by atoms with Gasteiger partial charge in [0.2, 0.25) is 0 Å². The Morgan fingerprint density at radius 3 is 3.20 bits per heavy atom. The summed E-state index contributed by atoms with van der Waals surface area (Å²) < 4.78 is 0.601. The van der Waals surface area contributed by atoms with Gasteiger partial charge in [0.05, 0.1) is 12.9 Å². The second-order valence-electron chi connectivity index (χ2n) is 4.85. The standard InChI is InChI=1S/C12H17IN4O3/c13-10-11(15-7-16-12(10)20)17-3-1-2-8(6-17)4-14-5-9(18)19/h7-8,14H,1-6H2,(H,18,19)(H,15,16,20). The van der Waals surface area contributed by atoms with Crippen LogP contribution in [0.3, 0.4) is 0 Å². The van der Waals surface area contributed by atoms with Crippen LogP contribution in [0.4, 0.5) is 5.82 Å². The first-order chi connectivity index (χ1) is 9.58. The van der Waals surface area contributed by atoms with Gasteiger partial charge < -0.3 is 20.3 Å². The van der Waals surface area contributed by atoms with Gasteiger partial charge in [-0.05, 0) is 41.4 Å². The van der Waals surface area contributed by atoms with Crippen LogP contribution in [0, 0.1) is 9.49 Å². The number of piperidine rings is 1. The molecule has 0 radical (unpaired) electrons. The van der Waals surface area contributed by atoms with E-state index in [1.807, 2.05) is 22.6 Å². The fraction of sp³-hybridized carbons (Fsp3) is 0.583. The highest BCUT2D eigenvalue weighted by Gasteiger charge is 2.23. The smallest absolute Gasteiger partial charge is 0.317 e. The molecule has 1 atom stereocenters. The first-order valence-electron chi connectivity index (χ1n) is 6.48. The molecule has 1 unspecified atom stereocenters. The molecule has 0 aliphatic carbocycles. The molecule has 0 aromatic carbocycles. The van der Waals surface area contributed by atoms with Gasteiger partial charge in [0.1, 0.15) is 9.39 Å². The van der Waals surface area contributed by atoms with E-state index in [4.69, 9.17) is 5.11 Å². The van der Waals surface area contributed by atoms with E-state index in [9.17, 15) is 9.59 Å². The minimum atomic E-state index is -0.844. The zero-order chi connectivity index (χ0) is 14.5. The molecule has 3 N–H and O–H groups in total. The second kappa shape index (κ2) is 7.02. The van der Waals surface area contributed by atoms with Gasteiger partial charge in [-0.2, -0.15) is 0 Å². The Morgan fingerprint density at radius 1 is 1.65 bits per heavy atom. The number of aromatic amines is 1. The summed E-state index contributed by atoms with van der Waals surface area (Å²) in [6, 6.07) is 0. The van der Waals surface area contributed by atoms with Crippen molar-refractivity contribution in [2.45, 2.75) is 12.8 Å². The van der Waals surface area contributed by atoms with Crippen molar-refractivity contribution in [2.24, 2.45) is 5.92 Å². The van der Waals surface area contributed by atoms with E-state index in [2.05, 4.69) is 20.2 Å². The van der Waals surface area contributed by atoms with E-state index in [1.165, 1.54) is 6.33 Å². The molecular formula is C12H17IN4O3. The molecule has 1 aromatic rings. The maximum atomic E-state index is 11.6. The van der Waals surface area contributed by atoms with Crippen LogP contribution in [0.25, 0.3) is 0 Å². The number of nitrogens with zero attached hydrogens (tertiary/aromatic N) is 2. The molecule has 1 aromatic heterocycles. The molecule has 8 heteroatoms. The lowest BCUT2D eigenvalue weighted by Crippen LogP contribution is -2.41. The van der Waals surface area contributed by atoms with Crippen LogP contribution in [-0.2, 0) is 4.79 Å². The van der Waals surface area contributed by atoms with Gasteiger partial charge in [0.15, 0.2) is 0 Å². The molecule has 7 nitrogen and oxygen atoms in total. The van der Waals surface area contributed by atoms with Gasteiger partial charge in [0.25, 0.3) is 5.56 Å². The number of H-pyrrole nitrogens is 1. The molecule has 1 aliphatic heterocycles. The topological polar surface area (TPSA) is 98.3 Å². The predicted octanol–water partition coefficient (Wildman–Crippen LogP) is 0.265. The molecule has 2 heterocycles. The molecule has 0 saturated carbocycles. The van der Waals surface area contributed by atoms with Crippen LogP contribution in [0.1, 0.15) is 12.8 Å². The second-order valence-corrected chi connectivity index (χ2v) is 5.93. The summed E-state index contributed by atoms with van der Waals surface area (Å²) in [6.07, 6.45) is 3.50. The van der Waals surface area contributed by atoms with E-state index < -0.39 is 5.97 Å². The summed E-state index contributed by atoms with van der Waals surface area (Å²) in [6.45, 7) is 2.32. The number of aliphatic carboxylic acids is 1. The van der Waals surface area contributed by atoms with Crippen LogP contribution in [0.15, 0.2) is 11.1 Å². The van der Waals surface area contributed by atoms with Crippen LogP contribution in [-0.4, -0.2) is 47.2 Å². The van der Waals surface area contributed by atoms with Gasteiger partial charge in [0, 0.05) is 19.6 Å². The highest BCUT2D eigenvalue weighted by atomic mass is 127. The summed E-state index contributed by atoms with van der Waals surface area (Å²) in [4.78, 5) is 31.0.